The molecule has 0 heterocycles. The summed E-state index contributed by atoms with van der Waals surface area (Å²) in [7, 11) is 1.67. The summed E-state index contributed by atoms with van der Waals surface area (Å²) in [6, 6.07) is 10.3. The maximum Gasteiger partial charge on any atom is 0.416 e. The molecule has 0 bridgehead atoms. The van der Waals surface area contributed by atoms with Crippen molar-refractivity contribution < 1.29 is 39.7 Å². The molecule has 0 saturated carbocycles. The monoisotopic (exact) mass is 358 g/mol. The summed E-state index contributed by atoms with van der Waals surface area (Å²) in [5.74, 6) is -0.412. The molecule has 0 amide bonds. The first kappa shape index (κ1) is 18.6. The van der Waals surface area contributed by atoms with Crippen molar-refractivity contribution in [2.75, 3.05) is 7.05 Å². The number of hydrogen-bond acceptors (Lipinski definition) is 4. The third kappa shape index (κ3) is 6.34. The predicted octanol–water partition coefficient (Wildman–Crippen LogP) is 1.87. The van der Waals surface area contributed by atoms with Crippen LogP contribution in [0.1, 0.15) is 12.5 Å². The second-order valence-corrected chi connectivity index (χ2v) is 4.67. The number of halogens is 3. The number of aliphatic carboxylic acids is 1. The van der Waals surface area contributed by atoms with E-state index >= 15 is 0 Å². The average Bonchev–Trinajstić information content (AvgIpc) is 2.57. The lowest BCUT2D eigenvalue weighted by Gasteiger charge is -2.15. The van der Waals surface area contributed by atoms with Crippen LogP contribution in [0.2, 0.25) is 1.41 Å². The lowest BCUT2D eigenvalue weighted by atomic mass is 10.2. The lowest BCUT2D eigenvalue weighted by molar-refractivity contribution is -0.325. The normalized spacial score (nSPS) is 12.3. The van der Waals surface area contributed by atoms with E-state index in [9.17, 15) is 23.1 Å². The van der Waals surface area contributed by atoms with Gasteiger partial charge in [-0.3, -0.25) is 0 Å². The predicted molar refractivity (Wildman–Crippen MR) is 81.9 cm³/mol. The van der Waals surface area contributed by atoms with Crippen LogP contribution in [0.4, 0.5) is 13.2 Å². The average molecular weight is 358 g/mol. The number of carboxylic acid groups (broad SMARTS) is 1. The highest BCUT2D eigenvalue weighted by Gasteiger charge is 2.30. The van der Waals surface area contributed by atoms with E-state index in [4.69, 9.17) is 10.9 Å². The van der Waals surface area contributed by atoms with Crippen LogP contribution >= 0.6 is 0 Å². The minimum atomic E-state index is -4.40. The van der Waals surface area contributed by atoms with E-state index in [0.717, 1.165) is 12.1 Å². The zero-order chi connectivity index (χ0) is 19.7. The van der Waals surface area contributed by atoms with Crippen LogP contribution in [0.15, 0.2) is 48.5 Å². The van der Waals surface area contributed by atoms with Gasteiger partial charge in [0, 0.05) is 0 Å². The second-order valence-electron chi connectivity index (χ2n) is 4.67. The Hall–Kier alpha value is -2.74. The van der Waals surface area contributed by atoms with Crippen LogP contribution in [-0.2, 0) is 11.0 Å². The Kier molecular flexibility index (Phi) is 6.64. The number of carboxylic acids is 1. The van der Waals surface area contributed by atoms with Gasteiger partial charge in [0.2, 0.25) is 0 Å². The van der Waals surface area contributed by atoms with Gasteiger partial charge < -0.3 is 25.1 Å². The van der Waals surface area contributed by atoms with Gasteiger partial charge in [0.25, 0.3) is 0 Å². The van der Waals surface area contributed by atoms with Gasteiger partial charge in [-0.25, -0.2) is 0 Å². The van der Waals surface area contributed by atoms with Gasteiger partial charge in [-0.1, -0.05) is 0 Å². The standard InChI is InChI=1S/C16H13F3O4.CH5N/c1-10(15(20)21)22-12-6-8-14(9-7-12)23-13-4-2-11(3-5-13)16(17,18)19;1-2/h2-10H,1H3,(H,20,21);2H2,1H3/i/hD. The minimum Gasteiger partial charge on any atom is -0.546 e. The summed E-state index contributed by atoms with van der Waals surface area (Å²) in [6.07, 6.45) is -5.50. The number of hydrogen-bond donors (Lipinski definition) is 1. The van der Waals surface area contributed by atoms with Crippen LogP contribution in [0, 0.1) is 0 Å². The molecule has 0 aromatic heterocycles. The van der Waals surface area contributed by atoms with Crippen LogP contribution in [0.3, 0.4) is 0 Å². The van der Waals surface area contributed by atoms with Crippen molar-refractivity contribution in [1.82, 2.24) is 0 Å². The van der Waals surface area contributed by atoms with Gasteiger partial charge in [-0.05, 0) is 55.5 Å². The van der Waals surface area contributed by atoms with Crippen LogP contribution in [-0.4, -0.2) is 19.1 Å². The SMILES string of the molecule is CC(Oc1ccc(Oc2ccc(C(F)(F)F)cc2)cc1)C(=O)[O-].[2H][NH2+]C. The Morgan fingerprint density at radius 1 is 1.08 bits per heavy atom. The van der Waals surface area contributed by atoms with E-state index in [2.05, 4.69) is 0 Å². The first-order chi connectivity index (χ1) is 12.2. The van der Waals surface area contributed by atoms with Crippen molar-refractivity contribution in [3.8, 4) is 17.2 Å². The Bertz CT molecular complexity index is 691. The van der Waals surface area contributed by atoms with Gasteiger partial charge in [0.1, 0.15) is 23.4 Å². The van der Waals surface area contributed by atoms with Crippen molar-refractivity contribution in [2.45, 2.75) is 19.2 Å². The quantitative estimate of drug-likeness (QED) is 0.884. The van der Waals surface area contributed by atoms with Crippen molar-refractivity contribution in [3.05, 3.63) is 54.1 Å². The first-order valence-corrected chi connectivity index (χ1v) is 7.16. The summed E-state index contributed by atoms with van der Waals surface area (Å²) in [5.41, 5.74) is 0.491. The molecule has 25 heavy (non-hydrogen) atoms. The van der Waals surface area contributed by atoms with E-state index < -0.39 is 23.8 Å². The van der Waals surface area contributed by atoms with E-state index in [1.807, 2.05) is 0 Å². The molecule has 1 unspecified atom stereocenters. The summed E-state index contributed by atoms with van der Waals surface area (Å²) in [6.45, 7) is 1.34. The van der Waals surface area contributed by atoms with Crippen LogP contribution in [0.25, 0.3) is 0 Å². The molecular formula is C17H18F3NO4. The first-order valence-electron chi connectivity index (χ1n) is 7.74. The Morgan fingerprint density at radius 2 is 1.48 bits per heavy atom. The molecule has 0 fully saturated rings. The fourth-order valence-corrected chi connectivity index (χ4v) is 1.69. The highest BCUT2D eigenvalue weighted by atomic mass is 19.4. The fraction of sp³-hybridized carbons (Fsp3) is 0.235. The Morgan fingerprint density at radius 3 is 1.88 bits per heavy atom. The Labute approximate surface area is 144 Å². The van der Waals surface area contributed by atoms with Gasteiger partial charge >= 0.3 is 7.59 Å². The molecule has 8 heteroatoms. The van der Waals surface area contributed by atoms with Crippen molar-refractivity contribution in [2.24, 2.45) is 0 Å². The van der Waals surface area contributed by atoms with Crippen molar-refractivity contribution >= 4 is 5.97 Å². The number of quaternary nitrogens is 1. The van der Waals surface area contributed by atoms with E-state index in [1.165, 1.54) is 49.0 Å². The zero-order valence-corrected chi connectivity index (χ0v) is 13.5. The Balaban J connectivity index is 0.00000105. The number of alkyl halides is 3. The third-order valence-electron chi connectivity index (χ3n) is 2.89. The van der Waals surface area contributed by atoms with Crippen LogP contribution in [0.5, 0.6) is 17.2 Å². The zero-order valence-electron chi connectivity index (χ0n) is 14.5. The molecule has 0 saturated heterocycles. The minimum absolute atomic E-state index is 0.245. The van der Waals surface area contributed by atoms with Crippen molar-refractivity contribution in [3.63, 3.8) is 0 Å². The highest BCUT2D eigenvalue weighted by Crippen LogP contribution is 2.31. The molecular weight excluding hydrogens is 339 g/mol. The fourth-order valence-electron chi connectivity index (χ4n) is 1.69. The molecule has 1 atom stereocenters. The number of benzene rings is 2. The molecule has 0 aliphatic rings. The maximum atomic E-state index is 12.5. The summed E-state index contributed by atoms with van der Waals surface area (Å²) in [5, 5.41) is 10.6. The highest BCUT2D eigenvalue weighted by molar-refractivity contribution is 5.69. The van der Waals surface area contributed by atoms with Gasteiger partial charge in [-0.2, -0.15) is 13.2 Å². The van der Waals surface area contributed by atoms with Gasteiger partial charge in [-0.15, -0.1) is 0 Å². The van der Waals surface area contributed by atoms with Gasteiger partial charge in [0.15, 0.2) is 0 Å². The van der Waals surface area contributed by atoms with E-state index in [1.54, 1.807) is 7.05 Å². The molecule has 0 radical (unpaired) electrons. The molecule has 2 rings (SSSR count). The summed E-state index contributed by atoms with van der Waals surface area (Å²) >= 11 is 0. The molecule has 0 aliphatic carbocycles. The second kappa shape index (κ2) is 8.93. The van der Waals surface area contributed by atoms with Crippen molar-refractivity contribution in [1.29, 1.82) is 0 Å². The molecule has 0 spiro atoms. The third-order valence-corrected chi connectivity index (χ3v) is 2.89. The molecule has 0 aliphatic heterocycles. The summed E-state index contributed by atoms with van der Waals surface area (Å²) in [4.78, 5) is 10.6. The smallest absolute Gasteiger partial charge is 0.416 e. The molecule has 3 N–H and O–H groups in total. The molecule has 2 aromatic carbocycles. The lowest BCUT2D eigenvalue weighted by Crippen LogP contribution is -2.40. The van der Waals surface area contributed by atoms with Crippen LogP contribution < -0.4 is 20.3 Å². The topological polar surface area (TPSA) is 86.2 Å². The number of ether oxygens (including phenoxy) is 2. The molecule has 2 aromatic rings. The number of carbonyl (C=O) groups is 1. The maximum absolute atomic E-state index is 12.5. The summed E-state index contributed by atoms with van der Waals surface area (Å²) < 4.78 is 53.9. The molecule has 136 valence electrons. The van der Waals surface area contributed by atoms with Gasteiger partial charge in [0.05, 0.1) is 18.6 Å². The number of rotatable bonds is 5. The van der Waals surface area contributed by atoms with E-state index in [-0.39, 0.29) is 5.75 Å². The van der Waals surface area contributed by atoms with E-state index in [0.29, 0.717) is 11.5 Å². The largest absolute Gasteiger partial charge is 0.546 e. The number of carbonyl (C=O) groups excluding carboxylic acids is 1. The molecule has 5 nitrogen and oxygen atoms in total.